The highest BCUT2D eigenvalue weighted by molar-refractivity contribution is 7.91. The number of aliphatic hydroxyl groups excluding tert-OH is 1. The van der Waals surface area contributed by atoms with Gasteiger partial charge < -0.3 is 5.11 Å². The minimum Gasteiger partial charge on any atom is -0.392 e. The van der Waals surface area contributed by atoms with E-state index in [0.29, 0.717) is 0 Å². The zero-order valence-electron chi connectivity index (χ0n) is 7.96. The Kier molecular flexibility index (Phi) is 3.72. The second kappa shape index (κ2) is 4.34. The highest BCUT2D eigenvalue weighted by Crippen LogP contribution is 2.23. The molecule has 0 aromatic rings. The molecule has 0 radical (unpaired) electrons. The largest absolute Gasteiger partial charge is 0.392 e. The topological polar surface area (TPSA) is 88.5 Å². The lowest BCUT2D eigenvalue weighted by Gasteiger charge is -2.25. The third kappa shape index (κ3) is 4.43. The van der Waals surface area contributed by atoms with Gasteiger partial charge in [0.25, 0.3) is 0 Å². The van der Waals surface area contributed by atoms with Crippen molar-refractivity contribution >= 4 is 20.1 Å². The summed E-state index contributed by atoms with van der Waals surface area (Å²) in [4.78, 5) is 0. The van der Waals surface area contributed by atoms with E-state index in [-0.39, 0.29) is 24.3 Å². The van der Waals surface area contributed by atoms with Crippen LogP contribution >= 0.6 is 0 Å². The number of hydrogen-bond acceptors (Lipinski definition) is 5. The van der Waals surface area contributed by atoms with E-state index in [4.69, 9.17) is 0 Å². The van der Waals surface area contributed by atoms with Gasteiger partial charge in [-0.05, 0) is 18.8 Å². The van der Waals surface area contributed by atoms with Gasteiger partial charge in [0.05, 0.1) is 17.6 Å². The molecule has 1 unspecified atom stereocenters. The van der Waals surface area contributed by atoms with Crippen molar-refractivity contribution in [3.63, 3.8) is 0 Å². The van der Waals surface area contributed by atoms with Crippen LogP contribution in [0.3, 0.4) is 0 Å². The Morgan fingerprint density at radius 2 is 1.80 bits per heavy atom. The molecule has 0 spiro atoms. The van der Waals surface area contributed by atoms with Crippen molar-refractivity contribution in [1.82, 2.24) is 0 Å². The SMILES string of the molecule is O=S(=O)(F)CC(O)C1CCS(=O)(=O)CC1. The lowest BCUT2D eigenvalue weighted by Crippen LogP contribution is -2.34. The van der Waals surface area contributed by atoms with Crippen LogP contribution in [-0.2, 0) is 20.1 Å². The Morgan fingerprint density at radius 1 is 1.33 bits per heavy atom. The van der Waals surface area contributed by atoms with Crippen LogP contribution in [0.5, 0.6) is 0 Å². The number of rotatable bonds is 3. The Balaban J connectivity index is 2.54. The van der Waals surface area contributed by atoms with Gasteiger partial charge in [-0.2, -0.15) is 8.42 Å². The zero-order valence-corrected chi connectivity index (χ0v) is 9.60. The smallest absolute Gasteiger partial charge is 0.304 e. The molecule has 5 nitrogen and oxygen atoms in total. The summed E-state index contributed by atoms with van der Waals surface area (Å²) in [6.07, 6.45) is -0.923. The van der Waals surface area contributed by atoms with Gasteiger partial charge in [0.1, 0.15) is 15.6 Å². The molecule has 90 valence electrons. The van der Waals surface area contributed by atoms with Gasteiger partial charge in [0, 0.05) is 0 Å². The Morgan fingerprint density at radius 3 is 2.20 bits per heavy atom. The number of aliphatic hydroxyl groups is 1. The van der Waals surface area contributed by atoms with E-state index in [9.17, 15) is 25.8 Å². The van der Waals surface area contributed by atoms with Gasteiger partial charge in [-0.1, -0.05) is 0 Å². The fourth-order valence-electron chi connectivity index (χ4n) is 1.63. The monoisotopic (exact) mass is 260 g/mol. The van der Waals surface area contributed by atoms with Crippen LogP contribution in [0, 0.1) is 5.92 Å². The van der Waals surface area contributed by atoms with Crippen LogP contribution in [0.4, 0.5) is 3.89 Å². The van der Waals surface area contributed by atoms with Crippen molar-refractivity contribution in [2.24, 2.45) is 5.92 Å². The van der Waals surface area contributed by atoms with Crippen molar-refractivity contribution in [2.45, 2.75) is 18.9 Å². The van der Waals surface area contributed by atoms with Gasteiger partial charge in [-0.25, -0.2) is 8.42 Å². The van der Waals surface area contributed by atoms with E-state index >= 15 is 0 Å². The molecule has 1 aliphatic heterocycles. The lowest BCUT2D eigenvalue weighted by atomic mass is 9.97. The van der Waals surface area contributed by atoms with E-state index in [1.807, 2.05) is 0 Å². The van der Waals surface area contributed by atoms with Crippen LogP contribution in [0.25, 0.3) is 0 Å². The average molecular weight is 260 g/mol. The summed E-state index contributed by atoms with van der Waals surface area (Å²) in [6.45, 7) is 0. The van der Waals surface area contributed by atoms with Crippen LogP contribution in [-0.4, -0.2) is 45.3 Å². The fourth-order valence-corrected chi connectivity index (χ4v) is 3.84. The third-order valence-electron chi connectivity index (χ3n) is 2.51. The minimum atomic E-state index is -4.70. The van der Waals surface area contributed by atoms with E-state index in [1.165, 1.54) is 0 Å². The standard InChI is InChI=1S/C7H13FO5S2/c8-15(12,13)5-7(9)6-1-3-14(10,11)4-2-6/h6-7,9H,1-5H2. The maximum Gasteiger partial charge on any atom is 0.304 e. The molecular weight excluding hydrogens is 247 g/mol. The first-order valence-corrected chi connectivity index (χ1v) is 7.88. The molecule has 1 heterocycles. The molecule has 1 saturated heterocycles. The first-order valence-electron chi connectivity index (χ1n) is 4.50. The molecule has 1 rings (SSSR count). The van der Waals surface area contributed by atoms with Crippen LogP contribution < -0.4 is 0 Å². The normalized spacial score (nSPS) is 24.9. The molecule has 0 saturated carbocycles. The summed E-state index contributed by atoms with van der Waals surface area (Å²) in [5.74, 6) is -1.53. The predicted octanol–water partition coefficient (Wildman–Crippen LogP) is -0.529. The third-order valence-corrected chi connectivity index (χ3v) is 4.97. The first kappa shape index (κ1) is 12.9. The number of halogens is 1. The molecule has 1 fully saturated rings. The van der Waals surface area contributed by atoms with Crippen molar-refractivity contribution in [1.29, 1.82) is 0 Å². The van der Waals surface area contributed by atoms with Crippen molar-refractivity contribution < 1.29 is 25.8 Å². The van der Waals surface area contributed by atoms with Crippen LogP contribution in [0.15, 0.2) is 0 Å². The predicted molar refractivity (Wildman–Crippen MR) is 52.3 cm³/mol. The highest BCUT2D eigenvalue weighted by Gasteiger charge is 2.31. The van der Waals surface area contributed by atoms with Crippen molar-refractivity contribution in [3.05, 3.63) is 0 Å². The lowest BCUT2D eigenvalue weighted by molar-refractivity contribution is 0.121. The summed E-state index contributed by atoms with van der Waals surface area (Å²) in [5.41, 5.74) is 0. The number of hydrogen-bond donors (Lipinski definition) is 1. The summed E-state index contributed by atoms with van der Waals surface area (Å²) in [7, 11) is -7.75. The molecule has 1 atom stereocenters. The van der Waals surface area contributed by atoms with Crippen molar-refractivity contribution in [3.8, 4) is 0 Å². The van der Waals surface area contributed by atoms with Gasteiger partial charge in [-0.3, -0.25) is 0 Å². The fraction of sp³-hybridized carbons (Fsp3) is 1.00. The Hall–Kier alpha value is -0.210. The molecule has 0 aromatic heterocycles. The Bertz CT molecular complexity index is 399. The molecule has 0 aliphatic carbocycles. The summed E-state index contributed by atoms with van der Waals surface area (Å²) in [5, 5.41) is 9.37. The van der Waals surface area contributed by atoms with Gasteiger partial charge in [0.15, 0.2) is 0 Å². The molecule has 1 aliphatic rings. The second-order valence-corrected chi connectivity index (χ2v) is 7.48. The van der Waals surface area contributed by atoms with E-state index in [1.54, 1.807) is 0 Å². The van der Waals surface area contributed by atoms with Crippen molar-refractivity contribution in [2.75, 3.05) is 17.3 Å². The summed E-state index contributed by atoms with van der Waals surface area (Å²) in [6, 6.07) is 0. The molecule has 1 N–H and O–H groups in total. The quantitative estimate of drug-likeness (QED) is 0.689. The maximum atomic E-state index is 12.2. The van der Waals surface area contributed by atoms with E-state index in [0.717, 1.165) is 0 Å². The molecular formula is C7H13FO5S2. The van der Waals surface area contributed by atoms with Gasteiger partial charge in [0.2, 0.25) is 0 Å². The first-order chi connectivity index (χ1) is 6.70. The van der Waals surface area contributed by atoms with Gasteiger partial charge in [-0.15, -0.1) is 3.89 Å². The molecule has 0 amide bonds. The molecule has 0 aromatic carbocycles. The molecule has 15 heavy (non-hydrogen) atoms. The molecule has 8 heteroatoms. The Labute approximate surface area is 88.4 Å². The highest BCUT2D eigenvalue weighted by atomic mass is 32.3. The minimum absolute atomic E-state index is 0.0684. The van der Waals surface area contributed by atoms with Crippen LogP contribution in [0.2, 0.25) is 0 Å². The van der Waals surface area contributed by atoms with Crippen LogP contribution in [0.1, 0.15) is 12.8 Å². The number of sulfone groups is 1. The molecule has 0 bridgehead atoms. The maximum absolute atomic E-state index is 12.2. The summed E-state index contributed by atoms with van der Waals surface area (Å²) >= 11 is 0. The second-order valence-electron chi connectivity index (χ2n) is 3.76. The summed E-state index contributed by atoms with van der Waals surface area (Å²) < 4.78 is 54.8. The van der Waals surface area contributed by atoms with E-state index < -0.39 is 37.8 Å². The average Bonchev–Trinajstić information content (AvgIpc) is 2.00. The van der Waals surface area contributed by atoms with Gasteiger partial charge >= 0.3 is 10.2 Å². The van der Waals surface area contributed by atoms with E-state index in [2.05, 4.69) is 0 Å². The zero-order chi connectivity index (χ0) is 11.7.